The standard InChI is InChI=1S/C21H32N2O3/c1-15(2)14-23(17-7-11-26-12-8-17)19-6-5-16(13-18(19)22)21(20(24)25)9-3-4-10-21/h5-6,13,15,17H,3-4,7-12,14,22H2,1-2H3,(H,24,25). The Morgan fingerprint density at radius 3 is 2.50 bits per heavy atom. The van der Waals surface area contributed by atoms with Gasteiger partial charge in [-0.3, -0.25) is 4.79 Å². The van der Waals surface area contributed by atoms with Crippen molar-refractivity contribution in [1.29, 1.82) is 0 Å². The van der Waals surface area contributed by atoms with Gasteiger partial charge in [-0.15, -0.1) is 0 Å². The molecule has 5 nitrogen and oxygen atoms in total. The molecule has 5 heteroatoms. The first-order valence-electron chi connectivity index (χ1n) is 9.92. The van der Waals surface area contributed by atoms with Crippen LogP contribution in [0.3, 0.4) is 0 Å². The van der Waals surface area contributed by atoms with E-state index in [0.29, 0.717) is 30.5 Å². The fourth-order valence-corrected chi connectivity index (χ4v) is 4.55. The van der Waals surface area contributed by atoms with Gasteiger partial charge in [-0.2, -0.15) is 0 Å². The van der Waals surface area contributed by atoms with Gasteiger partial charge in [0.25, 0.3) is 0 Å². The predicted octanol–water partition coefficient (Wildman–Crippen LogP) is 3.81. The van der Waals surface area contributed by atoms with Crippen molar-refractivity contribution in [3.05, 3.63) is 23.8 Å². The number of nitrogens with two attached hydrogens (primary N) is 1. The summed E-state index contributed by atoms with van der Waals surface area (Å²) in [6, 6.07) is 6.39. The molecule has 1 saturated carbocycles. The highest BCUT2D eigenvalue weighted by atomic mass is 16.5. The minimum absolute atomic E-state index is 0.430. The van der Waals surface area contributed by atoms with E-state index in [1.807, 2.05) is 18.2 Å². The van der Waals surface area contributed by atoms with Gasteiger partial charge in [0.2, 0.25) is 0 Å². The number of carboxylic acid groups (broad SMARTS) is 1. The third-order valence-electron chi connectivity index (χ3n) is 5.95. The first-order chi connectivity index (χ1) is 12.4. The van der Waals surface area contributed by atoms with E-state index in [-0.39, 0.29) is 0 Å². The van der Waals surface area contributed by atoms with E-state index in [0.717, 1.165) is 56.7 Å². The molecular weight excluding hydrogens is 328 g/mol. The third kappa shape index (κ3) is 3.68. The Labute approximate surface area is 156 Å². The Bertz CT molecular complexity index is 632. The summed E-state index contributed by atoms with van der Waals surface area (Å²) < 4.78 is 5.52. The fourth-order valence-electron chi connectivity index (χ4n) is 4.55. The Morgan fingerprint density at radius 1 is 1.31 bits per heavy atom. The van der Waals surface area contributed by atoms with Gasteiger partial charge in [-0.25, -0.2) is 0 Å². The average Bonchev–Trinajstić information content (AvgIpc) is 3.12. The smallest absolute Gasteiger partial charge is 0.314 e. The molecule has 26 heavy (non-hydrogen) atoms. The van der Waals surface area contributed by atoms with E-state index in [4.69, 9.17) is 10.5 Å². The number of anilines is 2. The van der Waals surface area contributed by atoms with E-state index in [1.165, 1.54) is 0 Å². The zero-order valence-corrected chi connectivity index (χ0v) is 16.0. The monoisotopic (exact) mass is 360 g/mol. The van der Waals surface area contributed by atoms with Crippen molar-refractivity contribution in [2.45, 2.75) is 63.8 Å². The van der Waals surface area contributed by atoms with Crippen molar-refractivity contribution in [3.63, 3.8) is 0 Å². The summed E-state index contributed by atoms with van der Waals surface area (Å²) in [5, 5.41) is 9.84. The topological polar surface area (TPSA) is 75.8 Å². The second-order valence-corrected chi connectivity index (χ2v) is 8.26. The molecule has 1 heterocycles. The normalized spacial score (nSPS) is 20.4. The number of nitrogens with zero attached hydrogens (tertiary/aromatic N) is 1. The van der Waals surface area contributed by atoms with Crippen LogP contribution in [0.1, 0.15) is 57.9 Å². The number of nitrogen functional groups attached to an aromatic ring is 1. The number of aliphatic carboxylic acids is 1. The van der Waals surface area contributed by atoms with Gasteiger partial charge in [0, 0.05) is 25.8 Å². The Balaban J connectivity index is 1.92. The molecule has 2 fully saturated rings. The summed E-state index contributed by atoms with van der Waals surface area (Å²) in [7, 11) is 0. The molecule has 1 saturated heterocycles. The minimum Gasteiger partial charge on any atom is -0.481 e. The molecule has 0 atom stereocenters. The minimum atomic E-state index is -0.756. The summed E-state index contributed by atoms with van der Waals surface area (Å²) in [4.78, 5) is 14.4. The van der Waals surface area contributed by atoms with Crippen molar-refractivity contribution < 1.29 is 14.6 Å². The number of hydrogen-bond acceptors (Lipinski definition) is 4. The number of ether oxygens (including phenoxy) is 1. The Hall–Kier alpha value is -1.75. The van der Waals surface area contributed by atoms with Crippen LogP contribution in [0.4, 0.5) is 11.4 Å². The van der Waals surface area contributed by atoms with E-state index >= 15 is 0 Å². The van der Waals surface area contributed by atoms with Crippen molar-refractivity contribution in [2.24, 2.45) is 5.92 Å². The maximum atomic E-state index is 12.0. The van der Waals surface area contributed by atoms with Crippen LogP contribution in [0.2, 0.25) is 0 Å². The van der Waals surface area contributed by atoms with E-state index in [2.05, 4.69) is 18.7 Å². The lowest BCUT2D eigenvalue weighted by Crippen LogP contribution is -2.42. The van der Waals surface area contributed by atoms with Crippen molar-refractivity contribution in [1.82, 2.24) is 0 Å². The molecule has 0 unspecified atom stereocenters. The molecule has 0 aromatic heterocycles. The SMILES string of the molecule is CC(C)CN(c1ccc(C2(C(=O)O)CCCC2)cc1N)C1CCOCC1. The van der Waals surface area contributed by atoms with E-state index in [9.17, 15) is 9.90 Å². The highest BCUT2D eigenvalue weighted by Gasteiger charge is 2.43. The quantitative estimate of drug-likeness (QED) is 0.755. The highest BCUT2D eigenvalue weighted by Crippen LogP contribution is 2.43. The van der Waals surface area contributed by atoms with Crippen LogP contribution in [0.15, 0.2) is 18.2 Å². The molecule has 0 spiro atoms. The molecule has 1 aliphatic heterocycles. The number of rotatable bonds is 6. The fraction of sp³-hybridized carbons (Fsp3) is 0.667. The zero-order valence-electron chi connectivity index (χ0n) is 16.0. The molecule has 3 N–H and O–H groups in total. The Kier molecular flexibility index (Phi) is 5.76. The molecule has 0 bridgehead atoms. The van der Waals surface area contributed by atoms with Gasteiger partial charge in [0.05, 0.1) is 16.8 Å². The molecule has 3 rings (SSSR count). The predicted molar refractivity (Wildman–Crippen MR) is 105 cm³/mol. The molecule has 1 aromatic rings. The van der Waals surface area contributed by atoms with Gasteiger partial charge in [0.15, 0.2) is 0 Å². The van der Waals surface area contributed by atoms with Gasteiger partial charge >= 0.3 is 5.97 Å². The van der Waals surface area contributed by atoms with Crippen LogP contribution in [-0.2, 0) is 14.9 Å². The van der Waals surface area contributed by atoms with Crippen LogP contribution < -0.4 is 10.6 Å². The van der Waals surface area contributed by atoms with Crippen LogP contribution in [0.5, 0.6) is 0 Å². The first kappa shape index (κ1) is 19.0. The summed E-state index contributed by atoms with van der Waals surface area (Å²) >= 11 is 0. The number of hydrogen-bond donors (Lipinski definition) is 2. The maximum absolute atomic E-state index is 12.0. The molecule has 144 valence electrons. The van der Waals surface area contributed by atoms with Crippen molar-refractivity contribution >= 4 is 17.3 Å². The zero-order chi connectivity index (χ0) is 18.7. The summed E-state index contributed by atoms with van der Waals surface area (Å²) in [5.74, 6) is -0.192. The highest BCUT2D eigenvalue weighted by molar-refractivity contribution is 5.83. The van der Waals surface area contributed by atoms with E-state index in [1.54, 1.807) is 0 Å². The summed E-state index contributed by atoms with van der Waals surface area (Å²) in [6.07, 6.45) is 5.36. The molecule has 1 aromatic carbocycles. The second kappa shape index (κ2) is 7.87. The van der Waals surface area contributed by atoms with Crippen LogP contribution in [-0.4, -0.2) is 36.9 Å². The molecule has 0 radical (unpaired) electrons. The number of benzene rings is 1. The molecule has 1 aliphatic carbocycles. The second-order valence-electron chi connectivity index (χ2n) is 8.26. The number of carboxylic acids is 1. The van der Waals surface area contributed by atoms with Crippen LogP contribution >= 0.6 is 0 Å². The van der Waals surface area contributed by atoms with Crippen molar-refractivity contribution in [2.75, 3.05) is 30.4 Å². The van der Waals surface area contributed by atoms with Crippen LogP contribution in [0, 0.1) is 5.92 Å². The van der Waals surface area contributed by atoms with Gasteiger partial charge in [-0.1, -0.05) is 32.8 Å². The Morgan fingerprint density at radius 2 is 1.96 bits per heavy atom. The molecule has 0 amide bonds. The molecular formula is C21H32N2O3. The van der Waals surface area contributed by atoms with E-state index < -0.39 is 11.4 Å². The number of carbonyl (C=O) groups is 1. The summed E-state index contributed by atoms with van der Waals surface area (Å²) in [6.45, 7) is 6.96. The van der Waals surface area contributed by atoms with Crippen LogP contribution in [0.25, 0.3) is 0 Å². The van der Waals surface area contributed by atoms with Gasteiger partial charge in [0.1, 0.15) is 0 Å². The lowest BCUT2D eigenvalue weighted by Gasteiger charge is -2.38. The molecule has 2 aliphatic rings. The van der Waals surface area contributed by atoms with Gasteiger partial charge < -0.3 is 20.5 Å². The average molecular weight is 360 g/mol. The van der Waals surface area contributed by atoms with Gasteiger partial charge in [-0.05, 0) is 49.3 Å². The first-order valence-corrected chi connectivity index (χ1v) is 9.92. The lowest BCUT2D eigenvalue weighted by atomic mass is 9.78. The van der Waals surface area contributed by atoms with Crippen molar-refractivity contribution in [3.8, 4) is 0 Å². The lowest BCUT2D eigenvalue weighted by molar-refractivity contribution is -0.143. The summed E-state index contributed by atoms with van der Waals surface area (Å²) in [5.41, 5.74) is 8.30. The maximum Gasteiger partial charge on any atom is 0.314 e. The largest absolute Gasteiger partial charge is 0.481 e. The third-order valence-corrected chi connectivity index (χ3v) is 5.95.